The van der Waals surface area contributed by atoms with Crippen LogP contribution in [-0.4, -0.2) is 12.1 Å². The van der Waals surface area contributed by atoms with Crippen LogP contribution >= 0.6 is 0 Å². The minimum Gasteiger partial charge on any atom is -0.366 e. The molecule has 1 fully saturated rings. The third-order valence-corrected chi connectivity index (χ3v) is 4.41. The van der Waals surface area contributed by atoms with Crippen molar-refractivity contribution in [1.82, 2.24) is 0 Å². The van der Waals surface area contributed by atoms with Gasteiger partial charge in [0.25, 0.3) is 0 Å². The molecule has 0 amide bonds. The van der Waals surface area contributed by atoms with E-state index in [9.17, 15) is 0 Å². The van der Waals surface area contributed by atoms with E-state index >= 15 is 0 Å². The van der Waals surface area contributed by atoms with Gasteiger partial charge in [-0.25, -0.2) is 0 Å². The molecule has 1 aliphatic carbocycles. The Kier molecular flexibility index (Phi) is 4.87. The Morgan fingerprint density at radius 1 is 1.11 bits per heavy atom. The van der Waals surface area contributed by atoms with Crippen molar-refractivity contribution >= 4 is 5.69 Å². The van der Waals surface area contributed by atoms with E-state index in [1.54, 1.807) is 0 Å². The monoisotopic (exact) mass is 260 g/mol. The molecule has 0 heterocycles. The molecule has 0 aromatic heterocycles. The number of hydrogen-bond donors (Lipinski definition) is 1. The molecular formula is C17H28N2. The average Bonchev–Trinajstić information content (AvgIpc) is 2.42. The van der Waals surface area contributed by atoms with Crippen molar-refractivity contribution in [1.29, 1.82) is 0 Å². The van der Waals surface area contributed by atoms with Crippen LogP contribution in [0.3, 0.4) is 0 Å². The summed E-state index contributed by atoms with van der Waals surface area (Å²) in [4.78, 5) is 2.60. The highest BCUT2D eigenvalue weighted by Crippen LogP contribution is 2.31. The van der Waals surface area contributed by atoms with Gasteiger partial charge >= 0.3 is 0 Å². The van der Waals surface area contributed by atoms with Crippen molar-refractivity contribution in [3.63, 3.8) is 0 Å². The molecule has 2 heteroatoms. The Bertz CT molecular complexity index is 375. The van der Waals surface area contributed by atoms with E-state index in [1.165, 1.54) is 36.9 Å². The van der Waals surface area contributed by atoms with E-state index in [1.807, 2.05) is 0 Å². The maximum Gasteiger partial charge on any atom is 0.0371 e. The number of nitrogens with two attached hydrogens (primary N) is 1. The second kappa shape index (κ2) is 6.42. The SMILES string of the molecule is CC1CCC(N(c2ccc(CN)cc2)C(C)C)CC1. The molecule has 19 heavy (non-hydrogen) atoms. The molecule has 2 nitrogen and oxygen atoms in total. The van der Waals surface area contributed by atoms with Gasteiger partial charge in [0.05, 0.1) is 0 Å². The van der Waals surface area contributed by atoms with Crippen molar-refractivity contribution in [2.75, 3.05) is 4.90 Å². The van der Waals surface area contributed by atoms with Crippen LogP contribution in [0.5, 0.6) is 0 Å². The summed E-state index contributed by atoms with van der Waals surface area (Å²) in [5, 5.41) is 0. The van der Waals surface area contributed by atoms with Gasteiger partial charge < -0.3 is 10.6 Å². The topological polar surface area (TPSA) is 29.3 Å². The van der Waals surface area contributed by atoms with Crippen LogP contribution in [0.15, 0.2) is 24.3 Å². The van der Waals surface area contributed by atoms with Crippen molar-refractivity contribution in [3.8, 4) is 0 Å². The molecule has 0 spiro atoms. The predicted octanol–water partition coefficient (Wildman–Crippen LogP) is 3.94. The summed E-state index contributed by atoms with van der Waals surface area (Å²) in [6, 6.07) is 10.1. The minimum absolute atomic E-state index is 0.558. The van der Waals surface area contributed by atoms with Gasteiger partial charge in [0.2, 0.25) is 0 Å². The zero-order chi connectivity index (χ0) is 13.8. The highest BCUT2D eigenvalue weighted by Gasteiger charge is 2.25. The van der Waals surface area contributed by atoms with Crippen LogP contribution in [0.2, 0.25) is 0 Å². The third-order valence-electron chi connectivity index (χ3n) is 4.41. The molecule has 2 rings (SSSR count). The molecule has 1 saturated carbocycles. The molecule has 1 aromatic carbocycles. The van der Waals surface area contributed by atoms with Crippen LogP contribution < -0.4 is 10.6 Å². The lowest BCUT2D eigenvalue weighted by atomic mass is 9.86. The van der Waals surface area contributed by atoms with Gasteiger partial charge in [-0.05, 0) is 63.1 Å². The Balaban J connectivity index is 2.14. The average molecular weight is 260 g/mol. The first kappa shape index (κ1) is 14.4. The number of anilines is 1. The van der Waals surface area contributed by atoms with E-state index < -0.39 is 0 Å². The van der Waals surface area contributed by atoms with Crippen LogP contribution in [0.4, 0.5) is 5.69 Å². The summed E-state index contributed by atoms with van der Waals surface area (Å²) in [5.41, 5.74) is 8.25. The predicted molar refractivity (Wildman–Crippen MR) is 83.4 cm³/mol. The van der Waals surface area contributed by atoms with Crippen molar-refractivity contribution in [2.45, 2.75) is 65.1 Å². The molecule has 0 radical (unpaired) electrons. The molecule has 1 aromatic rings. The van der Waals surface area contributed by atoms with Crippen LogP contribution in [0.25, 0.3) is 0 Å². The third kappa shape index (κ3) is 3.50. The fourth-order valence-corrected chi connectivity index (χ4v) is 3.26. The number of nitrogens with zero attached hydrogens (tertiary/aromatic N) is 1. The Morgan fingerprint density at radius 2 is 1.68 bits per heavy atom. The zero-order valence-electron chi connectivity index (χ0n) is 12.6. The smallest absolute Gasteiger partial charge is 0.0371 e. The molecule has 0 saturated heterocycles. The quantitative estimate of drug-likeness (QED) is 0.888. The van der Waals surface area contributed by atoms with Crippen molar-refractivity contribution < 1.29 is 0 Å². The standard InChI is InChI=1S/C17H28N2/c1-13(2)19(16-8-4-14(3)5-9-16)17-10-6-15(12-18)7-11-17/h6-7,10-11,13-14,16H,4-5,8-9,12,18H2,1-3H3. The highest BCUT2D eigenvalue weighted by atomic mass is 15.2. The maximum absolute atomic E-state index is 5.68. The first-order valence-corrected chi connectivity index (χ1v) is 7.69. The number of benzene rings is 1. The van der Waals surface area contributed by atoms with Crippen molar-refractivity contribution in [3.05, 3.63) is 29.8 Å². The van der Waals surface area contributed by atoms with Crippen LogP contribution in [0, 0.1) is 5.92 Å². The number of hydrogen-bond acceptors (Lipinski definition) is 2. The van der Waals surface area contributed by atoms with Gasteiger partial charge in [0.1, 0.15) is 0 Å². The zero-order valence-corrected chi connectivity index (χ0v) is 12.6. The van der Waals surface area contributed by atoms with E-state index in [2.05, 4.69) is 49.9 Å². The molecule has 0 bridgehead atoms. The van der Waals surface area contributed by atoms with E-state index in [4.69, 9.17) is 5.73 Å². The normalized spacial score (nSPS) is 23.6. The largest absolute Gasteiger partial charge is 0.366 e. The molecule has 2 N–H and O–H groups in total. The fraction of sp³-hybridized carbons (Fsp3) is 0.647. The summed E-state index contributed by atoms with van der Waals surface area (Å²) in [6.07, 6.45) is 5.40. The lowest BCUT2D eigenvalue weighted by Crippen LogP contribution is -2.42. The Morgan fingerprint density at radius 3 is 2.16 bits per heavy atom. The minimum atomic E-state index is 0.558. The molecule has 0 unspecified atom stereocenters. The Hall–Kier alpha value is -1.02. The van der Waals surface area contributed by atoms with Crippen molar-refractivity contribution in [2.24, 2.45) is 11.7 Å². The lowest BCUT2D eigenvalue weighted by Gasteiger charge is -2.40. The van der Waals surface area contributed by atoms with Crippen LogP contribution in [0.1, 0.15) is 52.0 Å². The van der Waals surface area contributed by atoms with Gasteiger partial charge in [-0.2, -0.15) is 0 Å². The fourth-order valence-electron chi connectivity index (χ4n) is 3.26. The first-order chi connectivity index (χ1) is 9.11. The molecule has 0 aliphatic heterocycles. The second-order valence-corrected chi connectivity index (χ2v) is 6.29. The maximum atomic E-state index is 5.68. The molecule has 0 atom stereocenters. The number of rotatable bonds is 4. The van der Waals surface area contributed by atoms with E-state index in [-0.39, 0.29) is 0 Å². The molecular weight excluding hydrogens is 232 g/mol. The second-order valence-electron chi connectivity index (χ2n) is 6.29. The van der Waals surface area contributed by atoms with E-state index in [0.29, 0.717) is 18.6 Å². The molecule has 1 aliphatic rings. The summed E-state index contributed by atoms with van der Waals surface area (Å²) in [7, 11) is 0. The van der Waals surface area contributed by atoms with Gasteiger partial charge in [-0.1, -0.05) is 19.1 Å². The highest BCUT2D eigenvalue weighted by molar-refractivity contribution is 5.49. The summed E-state index contributed by atoms with van der Waals surface area (Å²) >= 11 is 0. The van der Waals surface area contributed by atoms with Gasteiger partial charge in [0.15, 0.2) is 0 Å². The Labute approximate surface area is 118 Å². The van der Waals surface area contributed by atoms with Gasteiger partial charge in [-0.3, -0.25) is 0 Å². The summed E-state index contributed by atoms with van der Waals surface area (Å²) in [5.74, 6) is 0.907. The lowest BCUT2D eigenvalue weighted by molar-refractivity contribution is 0.325. The summed E-state index contributed by atoms with van der Waals surface area (Å²) in [6.45, 7) is 7.61. The van der Waals surface area contributed by atoms with Gasteiger partial charge in [0, 0.05) is 24.3 Å². The first-order valence-electron chi connectivity index (χ1n) is 7.69. The molecule has 106 valence electrons. The van der Waals surface area contributed by atoms with E-state index in [0.717, 1.165) is 5.92 Å². The van der Waals surface area contributed by atoms with Crippen LogP contribution in [-0.2, 0) is 6.54 Å². The van der Waals surface area contributed by atoms with Gasteiger partial charge in [-0.15, -0.1) is 0 Å². The summed E-state index contributed by atoms with van der Waals surface area (Å²) < 4.78 is 0.